The van der Waals surface area contributed by atoms with Gasteiger partial charge in [-0.3, -0.25) is 4.79 Å². The van der Waals surface area contributed by atoms with E-state index in [1.54, 1.807) is 23.6 Å². The zero-order valence-corrected chi connectivity index (χ0v) is 11.3. The minimum absolute atomic E-state index is 0.0142. The van der Waals surface area contributed by atoms with Crippen LogP contribution in [0.4, 0.5) is 0 Å². The Kier molecular flexibility index (Phi) is 4.73. The van der Waals surface area contributed by atoms with Crippen molar-refractivity contribution in [1.29, 1.82) is 0 Å². The predicted octanol–water partition coefficient (Wildman–Crippen LogP) is 2.70. The van der Waals surface area contributed by atoms with Crippen molar-refractivity contribution >= 4 is 28.8 Å². The van der Waals surface area contributed by atoms with Crippen LogP contribution in [-0.2, 0) is 17.6 Å². The average Bonchev–Trinajstić information content (AvgIpc) is 2.85. The van der Waals surface area contributed by atoms with E-state index in [0.717, 1.165) is 17.0 Å². The Bertz CT molecular complexity index is 513. The molecule has 2 aromatic rings. The molecular weight excluding hydrogens is 268 g/mol. The molecule has 1 heterocycles. The highest BCUT2D eigenvalue weighted by molar-refractivity contribution is 7.09. The summed E-state index contributed by atoms with van der Waals surface area (Å²) in [6, 6.07) is 7.39. The summed E-state index contributed by atoms with van der Waals surface area (Å²) in [6.45, 7) is 0.608. The van der Waals surface area contributed by atoms with E-state index in [-0.39, 0.29) is 5.91 Å². The fraction of sp³-hybridized carbons (Fsp3) is 0.231. The highest BCUT2D eigenvalue weighted by Gasteiger charge is 2.06. The van der Waals surface area contributed by atoms with Crippen molar-refractivity contribution in [1.82, 2.24) is 10.3 Å². The summed E-state index contributed by atoms with van der Waals surface area (Å²) in [5.41, 5.74) is 0.853. The zero-order valence-electron chi connectivity index (χ0n) is 9.73. The van der Waals surface area contributed by atoms with Crippen LogP contribution in [0.15, 0.2) is 35.8 Å². The predicted molar refractivity (Wildman–Crippen MR) is 74.0 cm³/mol. The molecule has 0 bridgehead atoms. The molecule has 0 aliphatic rings. The molecule has 18 heavy (non-hydrogen) atoms. The minimum atomic E-state index is -0.0142. The quantitative estimate of drug-likeness (QED) is 0.915. The van der Waals surface area contributed by atoms with Crippen LogP contribution in [0.25, 0.3) is 0 Å². The van der Waals surface area contributed by atoms with E-state index < -0.39 is 0 Å². The monoisotopic (exact) mass is 280 g/mol. The third kappa shape index (κ3) is 3.82. The molecule has 3 nitrogen and oxygen atoms in total. The van der Waals surface area contributed by atoms with E-state index >= 15 is 0 Å². The number of amides is 1. The molecule has 0 fully saturated rings. The zero-order chi connectivity index (χ0) is 12.8. The number of nitrogens with one attached hydrogen (secondary N) is 1. The fourth-order valence-electron chi connectivity index (χ4n) is 1.56. The minimum Gasteiger partial charge on any atom is -0.355 e. The standard InChI is InChI=1S/C13H13ClN2OS/c14-11-4-2-1-3-10(11)9-12(17)15-6-5-13-16-7-8-18-13/h1-4,7-8H,5-6,9H2,(H,15,17). The lowest BCUT2D eigenvalue weighted by Gasteiger charge is -2.05. The number of halogens is 1. The van der Waals surface area contributed by atoms with Gasteiger partial charge in [-0.05, 0) is 11.6 Å². The maximum Gasteiger partial charge on any atom is 0.224 e. The Hall–Kier alpha value is -1.39. The van der Waals surface area contributed by atoms with Gasteiger partial charge in [0.1, 0.15) is 0 Å². The van der Waals surface area contributed by atoms with E-state index in [1.165, 1.54) is 0 Å². The molecular formula is C13H13ClN2OS. The Morgan fingerprint density at radius 3 is 2.94 bits per heavy atom. The van der Waals surface area contributed by atoms with Crippen LogP contribution < -0.4 is 5.32 Å². The molecule has 0 aliphatic carbocycles. The summed E-state index contributed by atoms with van der Waals surface area (Å²) in [7, 11) is 0. The number of hydrogen-bond acceptors (Lipinski definition) is 3. The summed E-state index contributed by atoms with van der Waals surface area (Å²) in [6.07, 6.45) is 2.86. The summed E-state index contributed by atoms with van der Waals surface area (Å²) < 4.78 is 0. The van der Waals surface area contributed by atoms with Gasteiger partial charge in [0.05, 0.1) is 11.4 Å². The second-order valence-electron chi connectivity index (χ2n) is 3.79. The third-order valence-corrected chi connectivity index (χ3v) is 3.66. The first-order valence-electron chi connectivity index (χ1n) is 5.64. The third-order valence-electron chi connectivity index (χ3n) is 2.45. The molecule has 1 amide bonds. The van der Waals surface area contributed by atoms with Gasteiger partial charge in [-0.2, -0.15) is 0 Å². The number of carbonyl (C=O) groups excluding carboxylic acids is 1. The maximum absolute atomic E-state index is 11.7. The van der Waals surface area contributed by atoms with E-state index in [2.05, 4.69) is 10.3 Å². The molecule has 5 heteroatoms. The van der Waals surface area contributed by atoms with Gasteiger partial charge >= 0.3 is 0 Å². The molecule has 0 saturated carbocycles. The first-order valence-corrected chi connectivity index (χ1v) is 6.90. The SMILES string of the molecule is O=C(Cc1ccccc1Cl)NCCc1nccs1. The Balaban J connectivity index is 1.77. The summed E-state index contributed by atoms with van der Waals surface area (Å²) in [4.78, 5) is 15.9. The average molecular weight is 281 g/mol. The summed E-state index contributed by atoms with van der Waals surface area (Å²) in [5, 5.41) is 6.46. The van der Waals surface area contributed by atoms with Crippen molar-refractivity contribution in [2.45, 2.75) is 12.8 Å². The van der Waals surface area contributed by atoms with E-state index in [0.29, 0.717) is 18.0 Å². The van der Waals surface area contributed by atoms with E-state index in [9.17, 15) is 4.79 Å². The molecule has 0 unspecified atom stereocenters. The molecule has 0 saturated heterocycles. The number of rotatable bonds is 5. The largest absolute Gasteiger partial charge is 0.355 e. The molecule has 0 aliphatic heterocycles. The van der Waals surface area contributed by atoms with E-state index in [1.807, 2.05) is 23.6 Å². The van der Waals surface area contributed by atoms with Crippen LogP contribution in [0.5, 0.6) is 0 Å². The lowest BCUT2D eigenvalue weighted by Crippen LogP contribution is -2.27. The molecule has 1 aromatic carbocycles. The van der Waals surface area contributed by atoms with Crippen molar-refractivity contribution in [3.63, 3.8) is 0 Å². The summed E-state index contributed by atoms with van der Waals surface area (Å²) in [5.74, 6) is -0.0142. The van der Waals surface area contributed by atoms with Gasteiger partial charge < -0.3 is 5.32 Å². The highest BCUT2D eigenvalue weighted by Crippen LogP contribution is 2.15. The first kappa shape index (κ1) is 13.1. The van der Waals surface area contributed by atoms with Gasteiger partial charge in [-0.25, -0.2) is 4.98 Å². The normalized spacial score (nSPS) is 10.3. The molecule has 2 rings (SSSR count). The molecule has 94 valence electrons. The maximum atomic E-state index is 11.7. The number of carbonyl (C=O) groups is 1. The van der Waals surface area contributed by atoms with Crippen LogP contribution in [0, 0.1) is 0 Å². The topological polar surface area (TPSA) is 42.0 Å². The first-order chi connectivity index (χ1) is 8.75. The molecule has 0 radical (unpaired) electrons. The van der Waals surface area contributed by atoms with Crippen LogP contribution in [-0.4, -0.2) is 17.4 Å². The lowest BCUT2D eigenvalue weighted by molar-refractivity contribution is -0.120. The Morgan fingerprint density at radius 1 is 1.39 bits per heavy atom. The van der Waals surface area contributed by atoms with Crippen molar-refractivity contribution < 1.29 is 4.79 Å². The number of nitrogens with zero attached hydrogens (tertiary/aromatic N) is 1. The Labute approximate surface area is 115 Å². The van der Waals surface area contributed by atoms with Crippen LogP contribution in [0.1, 0.15) is 10.6 Å². The number of benzene rings is 1. The van der Waals surface area contributed by atoms with Gasteiger partial charge in [0, 0.05) is 29.6 Å². The van der Waals surface area contributed by atoms with Gasteiger partial charge in [-0.1, -0.05) is 29.8 Å². The second-order valence-corrected chi connectivity index (χ2v) is 5.18. The number of thiazole rings is 1. The van der Waals surface area contributed by atoms with Crippen LogP contribution in [0.2, 0.25) is 5.02 Å². The molecule has 1 aromatic heterocycles. The van der Waals surface area contributed by atoms with Gasteiger partial charge in [-0.15, -0.1) is 11.3 Å². The van der Waals surface area contributed by atoms with Crippen LogP contribution >= 0.6 is 22.9 Å². The fourth-order valence-corrected chi connectivity index (χ4v) is 2.39. The molecule has 1 N–H and O–H groups in total. The van der Waals surface area contributed by atoms with Crippen molar-refractivity contribution in [3.8, 4) is 0 Å². The second kappa shape index (κ2) is 6.52. The summed E-state index contributed by atoms with van der Waals surface area (Å²) >= 11 is 7.59. The van der Waals surface area contributed by atoms with Crippen molar-refractivity contribution in [3.05, 3.63) is 51.4 Å². The van der Waals surface area contributed by atoms with Gasteiger partial charge in [0.15, 0.2) is 0 Å². The van der Waals surface area contributed by atoms with Crippen LogP contribution in [0.3, 0.4) is 0 Å². The van der Waals surface area contributed by atoms with E-state index in [4.69, 9.17) is 11.6 Å². The van der Waals surface area contributed by atoms with Gasteiger partial charge in [0.25, 0.3) is 0 Å². The number of hydrogen-bond donors (Lipinski definition) is 1. The van der Waals surface area contributed by atoms with Crippen molar-refractivity contribution in [2.75, 3.05) is 6.54 Å². The lowest BCUT2D eigenvalue weighted by atomic mass is 10.1. The highest BCUT2D eigenvalue weighted by atomic mass is 35.5. The smallest absolute Gasteiger partial charge is 0.224 e. The Morgan fingerprint density at radius 2 is 2.22 bits per heavy atom. The molecule has 0 spiro atoms. The van der Waals surface area contributed by atoms with Gasteiger partial charge in [0.2, 0.25) is 5.91 Å². The van der Waals surface area contributed by atoms with Crippen molar-refractivity contribution in [2.24, 2.45) is 0 Å². The molecule has 0 atom stereocenters. The number of aromatic nitrogens is 1.